The molecule has 2 N–H and O–H groups in total. The molecule has 6 heteroatoms. The quantitative estimate of drug-likeness (QED) is 0.801. The lowest BCUT2D eigenvalue weighted by molar-refractivity contribution is 0.126. The van der Waals surface area contributed by atoms with Gasteiger partial charge in [-0.15, -0.1) is 0 Å². The van der Waals surface area contributed by atoms with E-state index in [1.807, 2.05) is 18.2 Å². The van der Waals surface area contributed by atoms with E-state index in [4.69, 9.17) is 14.6 Å². The number of hydrogen-bond donors (Lipinski definition) is 2. The highest BCUT2D eigenvalue weighted by Gasteiger charge is 2.23. The number of carboxylic acid groups (broad SMARTS) is 1. The van der Waals surface area contributed by atoms with Gasteiger partial charge in [-0.1, -0.05) is 0 Å². The molecular formula is C18H26N2O4. The minimum absolute atomic E-state index is 0.489. The van der Waals surface area contributed by atoms with Gasteiger partial charge in [0.1, 0.15) is 11.5 Å². The predicted molar refractivity (Wildman–Crippen MR) is 92.0 cm³/mol. The molecule has 132 valence electrons. The number of methoxy groups -OCH3 is 1. The Morgan fingerprint density at radius 3 is 2.50 bits per heavy atom. The first kappa shape index (κ1) is 16.7. The minimum Gasteiger partial charge on any atom is -0.497 e. The van der Waals surface area contributed by atoms with Gasteiger partial charge >= 0.3 is 6.09 Å². The van der Waals surface area contributed by atoms with Crippen molar-refractivity contribution < 1.29 is 19.4 Å². The lowest BCUT2D eigenvalue weighted by atomic mass is 9.97. The number of piperidine rings is 1. The van der Waals surface area contributed by atoms with Crippen LogP contribution in [0.25, 0.3) is 0 Å². The Bertz CT molecular complexity index is 566. The van der Waals surface area contributed by atoms with Crippen molar-refractivity contribution in [3.05, 3.63) is 18.2 Å². The summed E-state index contributed by atoms with van der Waals surface area (Å²) >= 11 is 0. The van der Waals surface area contributed by atoms with E-state index >= 15 is 0 Å². The first-order chi connectivity index (χ1) is 11.6. The third-order valence-corrected chi connectivity index (χ3v) is 4.78. The second-order valence-electron chi connectivity index (χ2n) is 6.75. The maximum absolute atomic E-state index is 10.9. The lowest BCUT2D eigenvalue weighted by Crippen LogP contribution is -2.39. The van der Waals surface area contributed by atoms with Gasteiger partial charge in [0, 0.05) is 43.5 Å². The van der Waals surface area contributed by atoms with Crippen LogP contribution in [0.4, 0.5) is 10.5 Å². The number of benzene rings is 1. The summed E-state index contributed by atoms with van der Waals surface area (Å²) in [6, 6.07) is 5.90. The molecule has 0 spiro atoms. The highest BCUT2D eigenvalue weighted by atomic mass is 16.5. The number of anilines is 1. The summed E-state index contributed by atoms with van der Waals surface area (Å²) in [4.78, 5) is 12.4. The molecule has 1 aliphatic heterocycles. The fourth-order valence-electron chi connectivity index (χ4n) is 2.96. The van der Waals surface area contributed by atoms with Crippen LogP contribution in [-0.2, 0) is 0 Å². The molecule has 1 aliphatic carbocycles. The van der Waals surface area contributed by atoms with E-state index in [1.54, 1.807) is 7.11 Å². The standard InChI is InChI=1S/C18H26N2O4/c1-23-16-8-15(9-17(10-16)24-12-14-2-3-14)19-11-13-4-6-20(7-5-13)18(21)22/h8-10,13-14,19H,2-7,11-12H2,1H3,(H,21,22). The monoisotopic (exact) mass is 334 g/mol. The molecule has 3 rings (SSSR count). The number of nitrogens with zero attached hydrogens (tertiary/aromatic N) is 1. The van der Waals surface area contributed by atoms with Gasteiger partial charge in [0.05, 0.1) is 13.7 Å². The average molecular weight is 334 g/mol. The Hall–Kier alpha value is -2.11. The van der Waals surface area contributed by atoms with E-state index in [2.05, 4.69) is 5.32 Å². The molecule has 1 aromatic carbocycles. The van der Waals surface area contributed by atoms with Crippen LogP contribution in [0.2, 0.25) is 0 Å². The lowest BCUT2D eigenvalue weighted by Gasteiger charge is -2.30. The molecule has 1 aromatic rings. The number of amides is 1. The van der Waals surface area contributed by atoms with Crippen LogP contribution in [0, 0.1) is 11.8 Å². The van der Waals surface area contributed by atoms with Gasteiger partial charge in [-0.25, -0.2) is 4.79 Å². The predicted octanol–water partition coefficient (Wildman–Crippen LogP) is 3.29. The van der Waals surface area contributed by atoms with Crippen molar-refractivity contribution in [2.24, 2.45) is 11.8 Å². The Morgan fingerprint density at radius 1 is 1.17 bits per heavy atom. The zero-order valence-electron chi connectivity index (χ0n) is 14.2. The third kappa shape index (κ3) is 4.69. The molecule has 0 unspecified atom stereocenters. The topological polar surface area (TPSA) is 71.0 Å². The molecule has 1 amide bonds. The smallest absolute Gasteiger partial charge is 0.407 e. The zero-order chi connectivity index (χ0) is 16.9. The van der Waals surface area contributed by atoms with Gasteiger partial charge in [0.25, 0.3) is 0 Å². The summed E-state index contributed by atoms with van der Waals surface area (Å²) in [6.45, 7) is 2.86. The molecule has 1 saturated heterocycles. The molecule has 0 bridgehead atoms. The van der Waals surface area contributed by atoms with Crippen LogP contribution in [0.3, 0.4) is 0 Å². The highest BCUT2D eigenvalue weighted by Crippen LogP contribution is 2.32. The number of ether oxygens (including phenoxy) is 2. The molecule has 0 atom stereocenters. The van der Waals surface area contributed by atoms with Crippen molar-refractivity contribution in [1.29, 1.82) is 0 Å². The second-order valence-corrected chi connectivity index (χ2v) is 6.75. The first-order valence-corrected chi connectivity index (χ1v) is 8.67. The van der Waals surface area contributed by atoms with Gasteiger partial charge in [-0.05, 0) is 37.5 Å². The fraction of sp³-hybridized carbons (Fsp3) is 0.611. The van der Waals surface area contributed by atoms with Crippen molar-refractivity contribution in [1.82, 2.24) is 4.90 Å². The SMILES string of the molecule is COc1cc(NCC2CCN(C(=O)O)CC2)cc(OCC2CC2)c1. The molecule has 1 heterocycles. The Kier molecular flexibility index (Phi) is 5.33. The first-order valence-electron chi connectivity index (χ1n) is 8.67. The maximum atomic E-state index is 10.9. The third-order valence-electron chi connectivity index (χ3n) is 4.78. The van der Waals surface area contributed by atoms with Crippen LogP contribution >= 0.6 is 0 Å². The van der Waals surface area contributed by atoms with Crippen LogP contribution in [0.5, 0.6) is 11.5 Å². The molecule has 24 heavy (non-hydrogen) atoms. The number of rotatable bonds is 7. The minimum atomic E-state index is -0.813. The number of nitrogens with one attached hydrogen (secondary N) is 1. The van der Waals surface area contributed by atoms with Crippen molar-refractivity contribution in [3.8, 4) is 11.5 Å². The second kappa shape index (κ2) is 7.64. The maximum Gasteiger partial charge on any atom is 0.407 e. The number of likely N-dealkylation sites (tertiary alicyclic amines) is 1. The van der Waals surface area contributed by atoms with E-state index in [0.29, 0.717) is 24.9 Å². The highest BCUT2D eigenvalue weighted by molar-refractivity contribution is 5.65. The van der Waals surface area contributed by atoms with Gasteiger partial charge in [0.2, 0.25) is 0 Å². The average Bonchev–Trinajstić information content (AvgIpc) is 3.42. The van der Waals surface area contributed by atoms with Crippen LogP contribution in [0.1, 0.15) is 25.7 Å². The van der Waals surface area contributed by atoms with E-state index in [-0.39, 0.29) is 0 Å². The number of carbonyl (C=O) groups is 1. The van der Waals surface area contributed by atoms with Crippen LogP contribution in [-0.4, -0.2) is 49.5 Å². The summed E-state index contributed by atoms with van der Waals surface area (Å²) in [5.41, 5.74) is 0.987. The molecular weight excluding hydrogens is 308 g/mol. The molecule has 6 nitrogen and oxygen atoms in total. The van der Waals surface area contributed by atoms with E-state index in [0.717, 1.165) is 43.2 Å². The Morgan fingerprint density at radius 2 is 1.88 bits per heavy atom. The molecule has 2 fully saturated rings. The Balaban J connectivity index is 1.52. The number of hydrogen-bond acceptors (Lipinski definition) is 4. The van der Waals surface area contributed by atoms with Gasteiger partial charge in [0.15, 0.2) is 0 Å². The van der Waals surface area contributed by atoms with Gasteiger partial charge < -0.3 is 24.8 Å². The van der Waals surface area contributed by atoms with Gasteiger partial charge in [-0.2, -0.15) is 0 Å². The van der Waals surface area contributed by atoms with Crippen molar-refractivity contribution in [3.63, 3.8) is 0 Å². The molecule has 2 aliphatic rings. The van der Waals surface area contributed by atoms with Crippen LogP contribution < -0.4 is 14.8 Å². The van der Waals surface area contributed by atoms with Gasteiger partial charge in [-0.3, -0.25) is 0 Å². The Labute approximate surface area is 142 Å². The summed E-state index contributed by atoms with van der Waals surface area (Å²) in [7, 11) is 1.66. The van der Waals surface area contributed by atoms with Crippen molar-refractivity contribution in [2.75, 3.05) is 38.7 Å². The van der Waals surface area contributed by atoms with Crippen molar-refractivity contribution >= 4 is 11.8 Å². The van der Waals surface area contributed by atoms with E-state index < -0.39 is 6.09 Å². The van der Waals surface area contributed by atoms with E-state index in [9.17, 15) is 4.79 Å². The molecule has 0 radical (unpaired) electrons. The molecule has 0 aromatic heterocycles. The fourth-order valence-corrected chi connectivity index (χ4v) is 2.96. The van der Waals surface area contributed by atoms with E-state index in [1.165, 1.54) is 17.7 Å². The normalized spacial score (nSPS) is 18.3. The zero-order valence-corrected chi connectivity index (χ0v) is 14.2. The van der Waals surface area contributed by atoms with Crippen molar-refractivity contribution in [2.45, 2.75) is 25.7 Å². The summed E-state index contributed by atoms with van der Waals surface area (Å²) < 4.78 is 11.2. The summed E-state index contributed by atoms with van der Waals surface area (Å²) in [6.07, 6.45) is 3.52. The van der Waals surface area contributed by atoms with Crippen LogP contribution in [0.15, 0.2) is 18.2 Å². The largest absolute Gasteiger partial charge is 0.497 e. The summed E-state index contributed by atoms with van der Waals surface area (Å²) in [5.74, 6) is 2.82. The molecule has 1 saturated carbocycles. The summed E-state index contributed by atoms with van der Waals surface area (Å²) in [5, 5.41) is 12.4.